The molecule has 3 aromatic carbocycles. The largest absolute Gasteiger partial charge is 0.325 e. The van der Waals surface area contributed by atoms with Gasteiger partial charge in [-0.15, -0.1) is 0 Å². The van der Waals surface area contributed by atoms with E-state index in [2.05, 4.69) is 16.4 Å². The van der Waals surface area contributed by atoms with Gasteiger partial charge in [-0.2, -0.15) is 5.26 Å². The van der Waals surface area contributed by atoms with Crippen LogP contribution in [0, 0.1) is 23.0 Å². The average Bonchev–Trinajstić information content (AvgIpc) is 2.80. The highest BCUT2D eigenvalue weighted by Crippen LogP contribution is 2.23. The monoisotopic (exact) mass is 462 g/mol. The lowest BCUT2D eigenvalue weighted by Gasteiger charge is -2.14. The molecule has 1 heterocycles. The van der Waals surface area contributed by atoms with Crippen molar-refractivity contribution < 1.29 is 13.6 Å². The summed E-state index contributed by atoms with van der Waals surface area (Å²) in [5.41, 5.74) is 1.10. The highest BCUT2D eigenvalue weighted by atomic mass is 32.2. The zero-order valence-corrected chi connectivity index (χ0v) is 17.9. The molecule has 4 rings (SSSR count). The highest BCUT2D eigenvalue weighted by molar-refractivity contribution is 7.99. The van der Waals surface area contributed by atoms with E-state index in [1.165, 1.54) is 0 Å². The number of nitriles is 1. The quantitative estimate of drug-likeness (QED) is 0.338. The predicted molar refractivity (Wildman–Crippen MR) is 122 cm³/mol. The van der Waals surface area contributed by atoms with Crippen LogP contribution in [0.5, 0.6) is 0 Å². The molecule has 9 heteroatoms. The van der Waals surface area contributed by atoms with Crippen LogP contribution >= 0.6 is 11.8 Å². The van der Waals surface area contributed by atoms with Crippen LogP contribution in [0.25, 0.3) is 16.6 Å². The van der Waals surface area contributed by atoms with Gasteiger partial charge in [0.1, 0.15) is 11.6 Å². The minimum atomic E-state index is -0.919. The summed E-state index contributed by atoms with van der Waals surface area (Å²) in [7, 11) is 0. The Balaban J connectivity index is 1.63. The highest BCUT2D eigenvalue weighted by Gasteiger charge is 2.17. The lowest BCUT2D eigenvalue weighted by atomic mass is 10.1. The van der Waals surface area contributed by atoms with Crippen molar-refractivity contribution in [2.75, 3.05) is 11.1 Å². The molecule has 0 atom stereocenters. The number of para-hydroxylation sites is 1. The number of hydrogen-bond acceptors (Lipinski definition) is 5. The van der Waals surface area contributed by atoms with Crippen LogP contribution in [-0.4, -0.2) is 21.2 Å². The number of hydrogen-bond donors (Lipinski definition) is 1. The summed E-state index contributed by atoms with van der Waals surface area (Å²) in [5.74, 6) is -2.15. The maximum Gasteiger partial charge on any atom is 0.266 e. The summed E-state index contributed by atoms with van der Waals surface area (Å²) >= 11 is 0.959. The van der Waals surface area contributed by atoms with Crippen LogP contribution in [0.3, 0.4) is 0 Å². The molecule has 164 valence electrons. The van der Waals surface area contributed by atoms with E-state index < -0.39 is 17.2 Å². The van der Waals surface area contributed by atoms with Crippen LogP contribution < -0.4 is 10.9 Å². The van der Waals surface area contributed by atoms with Crippen LogP contribution in [0.2, 0.25) is 0 Å². The lowest BCUT2D eigenvalue weighted by Crippen LogP contribution is -2.23. The van der Waals surface area contributed by atoms with Gasteiger partial charge in [0.25, 0.3) is 5.56 Å². The maximum absolute atomic E-state index is 14.5. The molecule has 1 aromatic heterocycles. The Bertz CT molecular complexity index is 1450. The molecule has 0 aliphatic rings. The molecule has 0 saturated heterocycles. The zero-order valence-electron chi connectivity index (χ0n) is 17.1. The van der Waals surface area contributed by atoms with E-state index in [4.69, 9.17) is 5.26 Å². The molecule has 0 spiro atoms. The minimum Gasteiger partial charge on any atom is -0.325 e. The van der Waals surface area contributed by atoms with Gasteiger partial charge < -0.3 is 5.32 Å². The van der Waals surface area contributed by atoms with Crippen molar-refractivity contribution in [2.45, 2.75) is 11.6 Å². The molecule has 4 aromatic rings. The Kier molecular flexibility index (Phi) is 6.47. The van der Waals surface area contributed by atoms with E-state index in [0.717, 1.165) is 34.0 Å². The number of halogens is 2. The molecule has 33 heavy (non-hydrogen) atoms. The fourth-order valence-electron chi connectivity index (χ4n) is 3.21. The minimum absolute atomic E-state index is 0.101. The van der Waals surface area contributed by atoms with Crippen molar-refractivity contribution in [1.29, 1.82) is 5.26 Å². The zero-order chi connectivity index (χ0) is 23.4. The first-order chi connectivity index (χ1) is 16.0. The molecule has 0 aliphatic heterocycles. The molecule has 0 aliphatic carbocycles. The molecule has 6 nitrogen and oxygen atoms in total. The first-order valence-corrected chi connectivity index (χ1v) is 10.8. The average molecular weight is 462 g/mol. The van der Waals surface area contributed by atoms with Gasteiger partial charge in [0.05, 0.1) is 34.8 Å². The Morgan fingerprint density at radius 3 is 2.58 bits per heavy atom. The number of amides is 1. The summed E-state index contributed by atoms with van der Waals surface area (Å²) in [5, 5.41) is 11.8. The second kappa shape index (κ2) is 9.63. The predicted octanol–water partition coefficient (Wildman–Crippen LogP) is 4.46. The number of benzene rings is 3. The normalized spacial score (nSPS) is 10.7. The van der Waals surface area contributed by atoms with E-state index >= 15 is 0 Å². The van der Waals surface area contributed by atoms with E-state index in [1.54, 1.807) is 48.5 Å². The topological polar surface area (TPSA) is 87.8 Å². The lowest BCUT2D eigenvalue weighted by molar-refractivity contribution is -0.113. The third kappa shape index (κ3) is 4.91. The summed E-state index contributed by atoms with van der Waals surface area (Å²) in [6, 6.07) is 18.4. The number of carbonyl (C=O) groups is 1. The number of anilines is 1. The molecule has 1 N–H and O–H groups in total. The molecule has 0 fully saturated rings. The van der Waals surface area contributed by atoms with Gasteiger partial charge in [-0.1, -0.05) is 36.0 Å². The number of aromatic nitrogens is 2. The van der Waals surface area contributed by atoms with Crippen molar-refractivity contribution in [3.05, 3.63) is 94.3 Å². The number of nitrogens with one attached hydrogen (secondary N) is 1. The Morgan fingerprint density at radius 2 is 1.85 bits per heavy atom. The van der Waals surface area contributed by atoms with Gasteiger partial charge >= 0.3 is 0 Å². The molecule has 0 saturated carbocycles. The van der Waals surface area contributed by atoms with Crippen molar-refractivity contribution >= 4 is 34.3 Å². The number of rotatable bonds is 6. The number of thioether (sulfide) groups is 1. The van der Waals surface area contributed by atoms with Crippen LogP contribution in [-0.2, 0) is 11.2 Å². The third-order valence-corrected chi connectivity index (χ3v) is 5.69. The molecule has 0 bridgehead atoms. The van der Waals surface area contributed by atoms with Gasteiger partial charge in [-0.3, -0.25) is 14.2 Å². The van der Waals surface area contributed by atoms with Gasteiger partial charge in [0.2, 0.25) is 5.91 Å². The van der Waals surface area contributed by atoms with Crippen LogP contribution in [0.4, 0.5) is 14.5 Å². The van der Waals surface area contributed by atoms with Crippen molar-refractivity contribution in [3.63, 3.8) is 0 Å². The SMILES string of the molecule is N#CCc1ccc(NC(=O)CSc2nc3ccccc3c(=O)n2-c2ccc(F)cc2F)cc1. The van der Waals surface area contributed by atoms with Crippen molar-refractivity contribution in [2.24, 2.45) is 0 Å². The Hall–Kier alpha value is -4.03. The van der Waals surface area contributed by atoms with E-state index in [0.29, 0.717) is 17.3 Å². The van der Waals surface area contributed by atoms with Crippen molar-refractivity contribution in [1.82, 2.24) is 9.55 Å². The molecular formula is C24H16F2N4O2S. The summed E-state index contributed by atoms with van der Waals surface area (Å²) in [4.78, 5) is 30.1. The number of nitrogens with zero attached hydrogens (tertiary/aromatic N) is 3. The second-order valence-electron chi connectivity index (χ2n) is 7.02. The summed E-state index contributed by atoms with van der Waals surface area (Å²) < 4.78 is 29.0. The van der Waals surface area contributed by atoms with Crippen LogP contribution in [0.1, 0.15) is 5.56 Å². The van der Waals surface area contributed by atoms with Gasteiger partial charge in [-0.25, -0.2) is 13.8 Å². The number of carbonyl (C=O) groups excluding carboxylic acids is 1. The fourth-order valence-corrected chi connectivity index (χ4v) is 4.01. The molecule has 0 radical (unpaired) electrons. The second-order valence-corrected chi connectivity index (χ2v) is 7.96. The van der Waals surface area contributed by atoms with Gasteiger partial charge in [-0.05, 0) is 42.0 Å². The number of fused-ring (bicyclic) bond motifs is 1. The van der Waals surface area contributed by atoms with Crippen LogP contribution in [0.15, 0.2) is 76.7 Å². The van der Waals surface area contributed by atoms with E-state index in [-0.39, 0.29) is 34.3 Å². The summed E-state index contributed by atoms with van der Waals surface area (Å²) in [6.45, 7) is 0. The van der Waals surface area contributed by atoms with E-state index in [9.17, 15) is 18.4 Å². The van der Waals surface area contributed by atoms with Gasteiger partial charge in [0.15, 0.2) is 5.16 Å². The molecular weight excluding hydrogens is 446 g/mol. The smallest absolute Gasteiger partial charge is 0.266 e. The summed E-state index contributed by atoms with van der Waals surface area (Å²) in [6.07, 6.45) is 0.273. The van der Waals surface area contributed by atoms with Crippen molar-refractivity contribution in [3.8, 4) is 11.8 Å². The maximum atomic E-state index is 14.5. The Morgan fingerprint density at radius 1 is 1.09 bits per heavy atom. The van der Waals surface area contributed by atoms with E-state index in [1.807, 2.05) is 0 Å². The first-order valence-electron chi connectivity index (χ1n) is 9.82. The molecule has 1 amide bonds. The fraction of sp³-hybridized carbons (Fsp3) is 0.0833. The third-order valence-electron chi connectivity index (χ3n) is 4.75. The molecule has 0 unspecified atom stereocenters. The first kappa shape index (κ1) is 22.2. The standard InChI is InChI=1S/C24H16F2N4O2S/c25-16-7-10-21(19(26)13-16)30-23(32)18-3-1-2-4-20(18)29-24(30)33-14-22(31)28-17-8-5-15(6-9-17)11-12-27/h1-10,13H,11,14H2,(H,28,31). The van der Waals surface area contributed by atoms with Gasteiger partial charge in [0, 0.05) is 11.8 Å². The Labute approximate surface area is 191 Å².